The summed E-state index contributed by atoms with van der Waals surface area (Å²) < 4.78 is 1.81. The maximum Gasteiger partial charge on any atom is 0.201 e. The minimum Gasteiger partial charge on any atom is -0.366 e. The van der Waals surface area contributed by atoms with E-state index in [2.05, 4.69) is 50.9 Å². The van der Waals surface area contributed by atoms with Gasteiger partial charge in [-0.1, -0.05) is 0 Å². The molecule has 2 aromatic heterocycles. The van der Waals surface area contributed by atoms with Gasteiger partial charge in [0.15, 0.2) is 0 Å². The third-order valence-electron chi connectivity index (χ3n) is 5.73. The molecule has 130 valence electrons. The number of fused-ring (bicyclic) bond motifs is 1. The molecule has 0 amide bonds. The Morgan fingerprint density at radius 2 is 1.71 bits per heavy atom. The molecule has 2 aliphatic rings. The highest BCUT2D eigenvalue weighted by Crippen LogP contribution is 2.28. The second kappa shape index (κ2) is 6.29. The van der Waals surface area contributed by atoms with E-state index in [1.165, 1.54) is 37.2 Å². The number of hydrogen-bond donors (Lipinski definition) is 0. The molecular weight excluding hydrogens is 302 g/mol. The van der Waals surface area contributed by atoms with Crippen molar-refractivity contribution in [1.82, 2.24) is 29.6 Å². The Labute approximate surface area is 143 Å². The van der Waals surface area contributed by atoms with E-state index in [0.717, 1.165) is 43.6 Å². The van der Waals surface area contributed by atoms with Gasteiger partial charge in [-0.25, -0.2) is 0 Å². The lowest BCUT2D eigenvalue weighted by Crippen LogP contribution is -2.53. The quantitative estimate of drug-likeness (QED) is 0.818. The van der Waals surface area contributed by atoms with Crippen molar-refractivity contribution < 1.29 is 0 Å². The Morgan fingerprint density at radius 3 is 2.42 bits per heavy atom. The first kappa shape index (κ1) is 15.8. The Hall–Kier alpha value is -1.73. The monoisotopic (exact) mass is 329 g/mol. The Balaban J connectivity index is 1.50. The largest absolute Gasteiger partial charge is 0.366 e. The molecule has 2 aromatic rings. The smallest absolute Gasteiger partial charge is 0.201 e. The second-order valence-corrected chi connectivity index (χ2v) is 7.22. The molecule has 24 heavy (non-hydrogen) atoms. The zero-order valence-corrected chi connectivity index (χ0v) is 14.9. The molecule has 0 spiro atoms. The predicted octanol–water partition coefficient (Wildman–Crippen LogP) is 0.957. The maximum atomic E-state index is 4.54. The summed E-state index contributed by atoms with van der Waals surface area (Å²) in [6.07, 6.45) is 4.30. The lowest BCUT2D eigenvalue weighted by Gasteiger charge is -2.43. The Bertz CT molecular complexity index is 709. The molecule has 0 aliphatic carbocycles. The zero-order valence-electron chi connectivity index (χ0n) is 14.9. The molecule has 2 saturated heterocycles. The van der Waals surface area contributed by atoms with Crippen LogP contribution in [0.1, 0.15) is 24.1 Å². The normalized spacial score (nSPS) is 21.7. The van der Waals surface area contributed by atoms with Gasteiger partial charge in [-0.3, -0.25) is 4.90 Å². The van der Waals surface area contributed by atoms with Crippen LogP contribution in [0.2, 0.25) is 0 Å². The summed E-state index contributed by atoms with van der Waals surface area (Å²) in [7, 11) is 2.23. The second-order valence-electron chi connectivity index (χ2n) is 7.22. The van der Waals surface area contributed by atoms with Gasteiger partial charge in [0.05, 0.1) is 11.4 Å². The van der Waals surface area contributed by atoms with Gasteiger partial charge in [0.2, 0.25) is 5.65 Å². The van der Waals surface area contributed by atoms with Gasteiger partial charge in [0.1, 0.15) is 6.33 Å². The van der Waals surface area contributed by atoms with E-state index in [0.29, 0.717) is 0 Å². The molecule has 0 unspecified atom stereocenters. The molecule has 0 radical (unpaired) electrons. The van der Waals surface area contributed by atoms with Gasteiger partial charge in [0.25, 0.3) is 0 Å². The van der Waals surface area contributed by atoms with Gasteiger partial charge in [0, 0.05) is 32.2 Å². The summed E-state index contributed by atoms with van der Waals surface area (Å²) in [5, 5.41) is 12.9. The number of likely N-dealkylation sites (tertiary alicyclic amines) is 1. The molecule has 0 aromatic carbocycles. The summed E-state index contributed by atoms with van der Waals surface area (Å²) in [6.45, 7) is 11.0. The van der Waals surface area contributed by atoms with E-state index in [4.69, 9.17) is 0 Å². The fraction of sp³-hybridized carbons (Fsp3) is 0.706. The summed E-state index contributed by atoms with van der Waals surface area (Å²) >= 11 is 0. The van der Waals surface area contributed by atoms with Crippen molar-refractivity contribution in [3.8, 4) is 0 Å². The van der Waals surface area contributed by atoms with E-state index in [1.807, 2.05) is 0 Å². The highest BCUT2D eigenvalue weighted by molar-refractivity contribution is 5.72. The van der Waals surface area contributed by atoms with Gasteiger partial charge in [-0.2, -0.15) is 9.61 Å². The van der Waals surface area contributed by atoms with E-state index in [1.54, 1.807) is 10.8 Å². The van der Waals surface area contributed by atoms with Crippen LogP contribution in [0.15, 0.2) is 6.33 Å². The predicted molar refractivity (Wildman–Crippen MR) is 94.6 cm³/mol. The van der Waals surface area contributed by atoms with E-state index in [9.17, 15) is 0 Å². The molecular formula is C17H27N7. The van der Waals surface area contributed by atoms with E-state index in [-0.39, 0.29) is 0 Å². The van der Waals surface area contributed by atoms with Crippen LogP contribution >= 0.6 is 0 Å². The number of aryl methyl sites for hydroxylation is 1. The summed E-state index contributed by atoms with van der Waals surface area (Å²) in [6, 6.07) is 0.761. The third kappa shape index (κ3) is 2.75. The SMILES string of the molecule is Cc1nn2cnnc2c(N2CCN(C3CCN(C)CC3)CC2)c1C. The van der Waals surface area contributed by atoms with Crippen molar-refractivity contribution in [3.63, 3.8) is 0 Å². The standard InChI is InChI=1S/C17H27N7/c1-13-14(2)20-24-12-18-19-17(24)16(13)23-10-8-22(9-11-23)15-4-6-21(3)7-5-15/h12,15H,4-11H2,1-3H3. The van der Waals surface area contributed by atoms with Crippen molar-refractivity contribution in [1.29, 1.82) is 0 Å². The lowest BCUT2D eigenvalue weighted by atomic mass is 10.0. The van der Waals surface area contributed by atoms with E-state index >= 15 is 0 Å². The molecule has 2 aliphatic heterocycles. The van der Waals surface area contributed by atoms with Gasteiger partial charge in [-0.05, 0) is 52.4 Å². The van der Waals surface area contributed by atoms with Gasteiger partial charge >= 0.3 is 0 Å². The van der Waals surface area contributed by atoms with Crippen molar-refractivity contribution in [2.45, 2.75) is 32.7 Å². The van der Waals surface area contributed by atoms with Crippen molar-refractivity contribution >= 4 is 11.3 Å². The molecule has 2 fully saturated rings. The first-order valence-electron chi connectivity index (χ1n) is 8.98. The number of piperazine rings is 1. The van der Waals surface area contributed by atoms with Crippen LogP contribution in [0.25, 0.3) is 5.65 Å². The minimum atomic E-state index is 0.761. The number of nitrogens with zero attached hydrogens (tertiary/aromatic N) is 7. The molecule has 4 rings (SSSR count). The molecule has 4 heterocycles. The maximum absolute atomic E-state index is 4.54. The fourth-order valence-corrected chi connectivity index (χ4v) is 4.08. The average Bonchev–Trinajstić information content (AvgIpc) is 3.05. The number of rotatable bonds is 2. The number of hydrogen-bond acceptors (Lipinski definition) is 6. The van der Waals surface area contributed by atoms with Crippen LogP contribution in [0.3, 0.4) is 0 Å². The summed E-state index contributed by atoms with van der Waals surface area (Å²) in [5.74, 6) is 0. The molecule has 0 bridgehead atoms. The van der Waals surface area contributed by atoms with Crippen LogP contribution in [0.5, 0.6) is 0 Å². The first-order valence-corrected chi connectivity index (χ1v) is 8.98. The van der Waals surface area contributed by atoms with Crippen LogP contribution in [-0.4, -0.2) is 82.0 Å². The Kier molecular flexibility index (Phi) is 4.14. The Morgan fingerprint density at radius 1 is 1.00 bits per heavy atom. The molecule has 0 N–H and O–H groups in total. The van der Waals surface area contributed by atoms with Crippen LogP contribution < -0.4 is 4.90 Å². The van der Waals surface area contributed by atoms with Crippen LogP contribution in [0.4, 0.5) is 5.69 Å². The molecule has 7 heteroatoms. The third-order valence-corrected chi connectivity index (χ3v) is 5.73. The highest BCUT2D eigenvalue weighted by atomic mass is 15.4. The number of piperidine rings is 1. The van der Waals surface area contributed by atoms with Crippen LogP contribution in [0, 0.1) is 13.8 Å². The lowest BCUT2D eigenvalue weighted by molar-refractivity contribution is 0.115. The molecule has 7 nitrogen and oxygen atoms in total. The summed E-state index contributed by atoms with van der Waals surface area (Å²) in [5.41, 5.74) is 4.37. The first-order chi connectivity index (χ1) is 11.6. The van der Waals surface area contributed by atoms with Gasteiger partial charge in [-0.15, -0.1) is 10.2 Å². The van der Waals surface area contributed by atoms with Crippen LogP contribution in [-0.2, 0) is 0 Å². The highest BCUT2D eigenvalue weighted by Gasteiger charge is 2.28. The summed E-state index contributed by atoms with van der Waals surface area (Å²) in [4.78, 5) is 7.60. The fourth-order valence-electron chi connectivity index (χ4n) is 4.08. The van der Waals surface area contributed by atoms with Gasteiger partial charge < -0.3 is 9.80 Å². The zero-order chi connectivity index (χ0) is 16.7. The average molecular weight is 329 g/mol. The molecule has 0 saturated carbocycles. The topological polar surface area (TPSA) is 52.8 Å². The molecule has 0 atom stereocenters. The number of anilines is 1. The minimum absolute atomic E-state index is 0.761. The van der Waals surface area contributed by atoms with Crippen molar-refractivity contribution in [2.75, 3.05) is 51.2 Å². The van der Waals surface area contributed by atoms with E-state index < -0.39 is 0 Å². The van der Waals surface area contributed by atoms with Crippen molar-refractivity contribution in [2.24, 2.45) is 0 Å². The van der Waals surface area contributed by atoms with Crippen molar-refractivity contribution in [3.05, 3.63) is 17.6 Å². The number of aromatic nitrogens is 4.